The molecule has 0 bridgehead atoms. The van der Waals surface area contributed by atoms with Gasteiger partial charge in [0.25, 0.3) is 0 Å². The standard InChI is InChI=1S/C20H20ClN5O3/c1-11-13(21)5-4-6-14(11)26-20(22-23-24-26)17-16-12(7-8-25(17)2)9-15-18(19(16)27-3)29-10-28-15/h4-6,9,17H,7-8,10H2,1-3H3/t17-/m0/s1. The first-order chi connectivity index (χ1) is 14.1. The highest BCUT2D eigenvalue weighted by Crippen LogP contribution is 2.50. The van der Waals surface area contributed by atoms with Gasteiger partial charge in [-0.05, 0) is 60.1 Å². The van der Waals surface area contributed by atoms with Crippen LogP contribution in [0.1, 0.15) is 28.6 Å². The van der Waals surface area contributed by atoms with Crippen LogP contribution in [0.5, 0.6) is 17.2 Å². The van der Waals surface area contributed by atoms with Crippen molar-refractivity contribution >= 4 is 11.6 Å². The summed E-state index contributed by atoms with van der Waals surface area (Å²) < 4.78 is 18.8. The number of hydrogen-bond acceptors (Lipinski definition) is 7. The first kappa shape index (κ1) is 18.2. The summed E-state index contributed by atoms with van der Waals surface area (Å²) in [5.41, 5.74) is 3.91. The van der Waals surface area contributed by atoms with Crippen LogP contribution in [0.3, 0.4) is 0 Å². The van der Waals surface area contributed by atoms with E-state index < -0.39 is 0 Å². The third-order valence-corrected chi connectivity index (χ3v) is 6.01. The fourth-order valence-electron chi connectivity index (χ4n) is 4.12. The zero-order valence-corrected chi connectivity index (χ0v) is 17.1. The Balaban J connectivity index is 1.72. The Bertz CT molecular complexity index is 1100. The van der Waals surface area contributed by atoms with E-state index in [-0.39, 0.29) is 12.8 Å². The molecule has 2 aromatic carbocycles. The van der Waals surface area contributed by atoms with E-state index in [1.807, 2.05) is 31.2 Å². The van der Waals surface area contributed by atoms with Crippen molar-refractivity contribution in [2.45, 2.75) is 19.4 Å². The number of hydrogen-bond donors (Lipinski definition) is 0. The van der Waals surface area contributed by atoms with Crippen molar-refractivity contribution in [2.75, 3.05) is 27.5 Å². The predicted octanol–water partition coefficient (Wildman–Crippen LogP) is 2.94. The van der Waals surface area contributed by atoms with Gasteiger partial charge in [-0.15, -0.1) is 5.10 Å². The smallest absolute Gasteiger partial charge is 0.231 e. The predicted molar refractivity (Wildman–Crippen MR) is 106 cm³/mol. The number of fused-ring (bicyclic) bond motifs is 2. The van der Waals surface area contributed by atoms with Crippen LogP contribution in [0.4, 0.5) is 0 Å². The lowest BCUT2D eigenvalue weighted by Gasteiger charge is -2.34. The zero-order chi connectivity index (χ0) is 20.1. The van der Waals surface area contributed by atoms with E-state index in [2.05, 4.69) is 27.5 Å². The van der Waals surface area contributed by atoms with Gasteiger partial charge < -0.3 is 14.2 Å². The number of tetrazole rings is 1. The van der Waals surface area contributed by atoms with Crippen molar-refractivity contribution in [3.63, 3.8) is 0 Å². The van der Waals surface area contributed by atoms with Crippen molar-refractivity contribution in [3.05, 3.63) is 51.8 Å². The minimum atomic E-state index is -0.211. The highest BCUT2D eigenvalue weighted by Gasteiger charge is 2.37. The summed E-state index contributed by atoms with van der Waals surface area (Å²) in [7, 11) is 3.70. The van der Waals surface area contributed by atoms with Crippen molar-refractivity contribution in [2.24, 2.45) is 0 Å². The molecule has 2 aliphatic rings. The maximum Gasteiger partial charge on any atom is 0.231 e. The van der Waals surface area contributed by atoms with Crippen molar-refractivity contribution in [3.8, 4) is 22.9 Å². The summed E-state index contributed by atoms with van der Waals surface area (Å²) in [6.45, 7) is 3.00. The van der Waals surface area contributed by atoms with Crippen LogP contribution in [0.25, 0.3) is 5.69 Å². The van der Waals surface area contributed by atoms with Gasteiger partial charge in [-0.2, -0.15) is 4.68 Å². The van der Waals surface area contributed by atoms with Crippen LogP contribution in [-0.4, -0.2) is 52.6 Å². The topological polar surface area (TPSA) is 74.5 Å². The third-order valence-electron chi connectivity index (χ3n) is 5.60. The van der Waals surface area contributed by atoms with Crippen molar-refractivity contribution in [1.82, 2.24) is 25.1 Å². The number of aromatic nitrogens is 4. The van der Waals surface area contributed by atoms with Gasteiger partial charge in [-0.3, -0.25) is 4.90 Å². The van der Waals surface area contributed by atoms with Gasteiger partial charge in [0, 0.05) is 17.1 Å². The van der Waals surface area contributed by atoms with Crippen LogP contribution >= 0.6 is 11.6 Å². The Morgan fingerprint density at radius 3 is 2.97 bits per heavy atom. The van der Waals surface area contributed by atoms with Gasteiger partial charge in [-0.25, -0.2) is 0 Å². The van der Waals surface area contributed by atoms with E-state index in [1.165, 1.54) is 0 Å². The Morgan fingerprint density at radius 2 is 2.14 bits per heavy atom. The molecule has 0 radical (unpaired) electrons. The molecule has 150 valence electrons. The van der Waals surface area contributed by atoms with Crippen LogP contribution in [0.15, 0.2) is 24.3 Å². The molecule has 1 aromatic heterocycles. The Hall–Kier alpha value is -2.84. The van der Waals surface area contributed by atoms with E-state index in [9.17, 15) is 0 Å². The molecule has 3 heterocycles. The van der Waals surface area contributed by atoms with E-state index in [0.29, 0.717) is 28.1 Å². The second kappa shape index (κ2) is 6.89. The van der Waals surface area contributed by atoms with Crippen LogP contribution in [-0.2, 0) is 6.42 Å². The SMILES string of the molecule is COc1c2c(cc3c1[C@@H](c1nnnn1-c1cccc(Cl)c1C)N(C)CC3)OCO2. The fourth-order valence-corrected chi connectivity index (χ4v) is 4.29. The molecule has 0 unspecified atom stereocenters. The molecule has 8 nitrogen and oxygen atoms in total. The summed E-state index contributed by atoms with van der Waals surface area (Å²) in [6.07, 6.45) is 0.868. The molecule has 0 N–H and O–H groups in total. The molecule has 0 aliphatic carbocycles. The van der Waals surface area contributed by atoms with Gasteiger partial charge in [0.2, 0.25) is 12.5 Å². The quantitative estimate of drug-likeness (QED) is 0.653. The second-order valence-corrected chi connectivity index (χ2v) is 7.59. The number of benzene rings is 2. The summed E-state index contributed by atoms with van der Waals surface area (Å²) in [5, 5.41) is 13.3. The molecule has 2 aliphatic heterocycles. The molecule has 3 aromatic rings. The minimum Gasteiger partial charge on any atom is -0.492 e. The maximum atomic E-state index is 6.35. The number of methoxy groups -OCH3 is 1. The molecule has 9 heteroatoms. The number of halogens is 1. The monoisotopic (exact) mass is 413 g/mol. The second-order valence-electron chi connectivity index (χ2n) is 7.18. The van der Waals surface area contributed by atoms with E-state index in [0.717, 1.165) is 35.3 Å². The normalized spacial score (nSPS) is 18.0. The minimum absolute atomic E-state index is 0.189. The summed E-state index contributed by atoms with van der Waals surface area (Å²) in [6, 6.07) is 7.54. The lowest BCUT2D eigenvalue weighted by Crippen LogP contribution is -2.35. The fraction of sp³-hybridized carbons (Fsp3) is 0.350. The van der Waals surface area contributed by atoms with Crippen LogP contribution in [0.2, 0.25) is 5.02 Å². The number of rotatable bonds is 3. The van der Waals surface area contributed by atoms with E-state index in [1.54, 1.807) is 11.8 Å². The molecule has 29 heavy (non-hydrogen) atoms. The lowest BCUT2D eigenvalue weighted by molar-refractivity contribution is 0.170. The Labute approximate surface area is 172 Å². The largest absolute Gasteiger partial charge is 0.492 e. The van der Waals surface area contributed by atoms with Gasteiger partial charge in [0.05, 0.1) is 12.8 Å². The van der Waals surface area contributed by atoms with E-state index in [4.69, 9.17) is 25.8 Å². The average molecular weight is 414 g/mol. The Kier molecular flexibility index (Phi) is 4.33. The summed E-state index contributed by atoms with van der Waals surface area (Å²) >= 11 is 6.35. The highest BCUT2D eigenvalue weighted by molar-refractivity contribution is 6.31. The van der Waals surface area contributed by atoms with Crippen LogP contribution in [0, 0.1) is 6.92 Å². The molecule has 5 rings (SSSR count). The van der Waals surface area contributed by atoms with E-state index >= 15 is 0 Å². The van der Waals surface area contributed by atoms with Crippen LogP contribution < -0.4 is 14.2 Å². The van der Waals surface area contributed by atoms with Gasteiger partial charge >= 0.3 is 0 Å². The van der Waals surface area contributed by atoms with Crippen molar-refractivity contribution < 1.29 is 14.2 Å². The number of ether oxygens (including phenoxy) is 3. The van der Waals surface area contributed by atoms with Gasteiger partial charge in [0.1, 0.15) is 6.04 Å². The molecule has 0 fully saturated rings. The molecular weight excluding hydrogens is 394 g/mol. The third kappa shape index (κ3) is 2.74. The number of nitrogens with zero attached hydrogens (tertiary/aromatic N) is 5. The Morgan fingerprint density at radius 1 is 1.28 bits per heavy atom. The van der Waals surface area contributed by atoms with Crippen molar-refractivity contribution in [1.29, 1.82) is 0 Å². The first-order valence-corrected chi connectivity index (χ1v) is 9.71. The molecular formula is C20H20ClN5O3. The summed E-state index contributed by atoms with van der Waals surface area (Å²) in [4.78, 5) is 2.22. The highest BCUT2D eigenvalue weighted by atomic mass is 35.5. The molecule has 0 amide bonds. The maximum absolute atomic E-state index is 6.35. The summed E-state index contributed by atoms with van der Waals surface area (Å²) in [5.74, 6) is 2.71. The van der Waals surface area contributed by atoms with Gasteiger partial charge in [-0.1, -0.05) is 17.7 Å². The molecule has 0 saturated heterocycles. The lowest BCUT2D eigenvalue weighted by atomic mass is 9.90. The molecule has 0 spiro atoms. The first-order valence-electron chi connectivity index (χ1n) is 9.33. The zero-order valence-electron chi connectivity index (χ0n) is 16.3. The molecule has 1 atom stereocenters. The molecule has 0 saturated carbocycles. The number of likely N-dealkylation sites (N-methyl/N-ethyl adjacent to an activating group) is 1. The average Bonchev–Trinajstić information content (AvgIpc) is 3.38. The van der Waals surface area contributed by atoms with Gasteiger partial charge in [0.15, 0.2) is 17.3 Å².